The molecule has 1 atom stereocenters. The van der Waals surface area contributed by atoms with Gasteiger partial charge in [0.05, 0.1) is 0 Å². The highest BCUT2D eigenvalue weighted by molar-refractivity contribution is 8.97. The summed E-state index contributed by atoms with van der Waals surface area (Å²) in [6, 6.07) is 0. The Kier molecular flexibility index (Phi) is 1.24. The molecule has 2 heterocycles. The molecule has 0 aliphatic carbocycles. The van der Waals surface area contributed by atoms with Crippen molar-refractivity contribution in [2.45, 2.75) is 8.91 Å². The number of hydrogen-bond donors (Lipinski definition) is 2. The van der Waals surface area contributed by atoms with E-state index >= 15 is 0 Å². The second-order valence-electron chi connectivity index (χ2n) is 1.77. The molecule has 2 rings (SSSR count). The Morgan fingerprint density at radius 3 is 2.62 bits per heavy atom. The fourth-order valence-corrected chi connectivity index (χ4v) is 4.33. The fraction of sp³-hybridized carbons (Fsp3) is 1.00. The van der Waals surface area contributed by atoms with Crippen LogP contribution in [0.25, 0.3) is 0 Å². The van der Waals surface area contributed by atoms with Crippen molar-refractivity contribution in [2.24, 2.45) is 5.73 Å². The largest absolute Gasteiger partial charge is 0.307 e. The molecule has 1 spiro atoms. The molecule has 1 unspecified atom stereocenters. The molecular formula is C3H6N2S3. The van der Waals surface area contributed by atoms with Gasteiger partial charge in [0.25, 0.3) is 0 Å². The first kappa shape index (κ1) is 5.73. The second-order valence-corrected chi connectivity index (χ2v) is 6.71. The summed E-state index contributed by atoms with van der Waals surface area (Å²) in [5.74, 6) is 0. The van der Waals surface area contributed by atoms with E-state index in [1.165, 1.54) is 0 Å². The highest BCUT2D eigenvalue weighted by atomic mass is 33.2. The van der Waals surface area contributed by atoms with Crippen LogP contribution < -0.4 is 11.1 Å². The van der Waals surface area contributed by atoms with Gasteiger partial charge in [-0.05, 0) is 0 Å². The number of thioether (sulfide) groups is 1. The van der Waals surface area contributed by atoms with E-state index in [2.05, 4.69) is 5.32 Å². The summed E-state index contributed by atoms with van der Waals surface area (Å²) >= 11 is 1.83. The first-order chi connectivity index (χ1) is 3.81. The Morgan fingerprint density at radius 1 is 1.62 bits per heavy atom. The molecule has 46 valence electrons. The minimum atomic E-state index is 0.178. The van der Waals surface area contributed by atoms with E-state index in [1.54, 1.807) is 0 Å². The third-order valence-electron chi connectivity index (χ3n) is 1.10. The predicted molar refractivity (Wildman–Crippen MR) is 41.5 cm³/mol. The van der Waals surface area contributed by atoms with E-state index < -0.39 is 0 Å². The van der Waals surface area contributed by atoms with Crippen molar-refractivity contribution in [2.75, 3.05) is 6.54 Å². The van der Waals surface area contributed by atoms with Crippen LogP contribution in [0.2, 0.25) is 0 Å². The van der Waals surface area contributed by atoms with Crippen molar-refractivity contribution < 1.29 is 0 Å². The molecule has 0 saturated carbocycles. The average Bonchev–Trinajstić information content (AvgIpc) is 2.34. The number of nitrogens with two attached hydrogens (primary N) is 1. The molecule has 2 aliphatic rings. The SMILES string of the molecule is NC1NCC2(SS2)S1. The minimum absolute atomic E-state index is 0.178. The Hall–Kier alpha value is 0.970. The monoisotopic (exact) mass is 166 g/mol. The minimum Gasteiger partial charge on any atom is -0.307 e. The summed E-state index contributed by atoms with van der Waals surface area (Å²) in [5.41, 5.74) is 5.75. The van der Waals surface area contributed by atoms with Gasteiger partial charge >= 0.3 is 0 Å². The zero-order chi connectivity index (χ0) is 5.61. The van der Waals surface area contributed by atoms with E-state index in [1.807, 2.05) is 33.3 Å². The Bertz CT molecular complexity index is 113. The van der Waals surface area contributed by atoms with Crippen LogP contribution >= 0.6 is 33.3 Å². The van der Waals surface area contributed by atoms with E-state index in [0.29, 0.717) is 3.41 Å². The van der Waals surface area contributed by atoms with Crippen LogP contribution in [0.5, 0.6) is 0 Å². The first-order valence-corrected chi connectivity index (χ1v) is 5.37. The van der Waals surface area contributed by atoms with Crippen LogP contribution in [-0.4, -0.2) is 15.5 Å². The molecule has 2 fully saturated rings. The van der Waals surface area contributed by atoms with E-state index in [4.69, 9.17) is 5.73 Å². The van der Waals surface area contributed by atoms with Crippen LogP contribution in [0.15, 0.2) is 0 Å². The molecule has 2 nitrogen and oxygen atoms in total. The molecule has 3 N–H and O–H groups in total. The van der Waals surface area contributed by atoms with Gasteiger partial charge in [0, 0.05) is 6.54 Å². The van der Waals surface area contributed by atoms with Gasteiger partial charge in [0.15, 0.2) is 0 Å². The van der Waals surface area contributed by atoms with Crippen molar-refractivity contribution >= 4 is 33.3 Å². The average molecular weight is 166 g/mol. The topological polar surface area (TPSA) is 38.0 Å². The van der Waals surface area contributed by atoms with Crippen LogP contribution in [0, 0.1) is 0 Å². The zero-order valence-corrected chi connectivity index (χ0v) is 6.54. The quantitative estimate of drug-likeness (QED) is 0.407. The smallest absolute Gasteiger partial charge is 0.142 e. The van der Waals surface area contributed by atoms with Crippen LogP contribution in [0.3, 0.4) is 0 Å². The molecule has 0 aromatic heterocycles. The van der Waals surface area contributed by atoms with Crippen LogP contribution in [-0.2, 0) is 0 Å². The van der Waals surface area contributed by atoms with Gasteiger partial charge in [-0.25, -0.2) is 0 Å². The maximum atomic E-state index is 5.58. The maximum absolute atomic E-state index is 5.58. The van der Waals surface area contributed by atoms with E-state index in [9.17, 15) is 0 Å². The zero-order valence-electron chi connectivity index (χ0n) is 4.09. The van der Waals surface area contributed by atoms with Crippen LogP contribution in [0.1, 0.15) is 0 Å². The highest BCUT2D eigenvalue weighted by Crippen LogP contribution is 2.72. The van der Waals surface area contributed by atoms with Crippen molar-refractivity contribution in [3.8, 4) is 0 Å². The van der Waals surface area contributed by atoms with Gasteiger partial charge < -0.3 is 5.73 Å². The summed E-state index contributed by atoms with van der Waals surface area (Å²) in [4.78, 5) is 0. The van der Waals surface area contributed by atoms with E-state index in [0.717, 1.165) is 6.54 Å². The standard InChI is InChI=1S/C3H6N2S3/c4-2-5-1-3(6-2)7-8-3/h2,5H,1,4H2. The summed E-state index contributed by atoms with van der Waals surface area (Å²) < 4.78 is 0.430. The summed E-state index contributed by atoms with van der Waals surface area (Å²) in [6.07, 6.45) is 0. The summed E-state index contributed by atoms with van der Waals surface area (Å²) in [5, 5.41) is 3.17. The first-order valence-electron chi connectivity index (χ1n) is 2.34. The van der Waals surface area contributed by atoms with Crippen molar-refractivity contribution in [1.29, 1.82) is 0 Å². The van der Waals surface area contributed by atoms with Crippen molar-refractivity contribution in [3.63, 3.8) is 0 Å². The molecule has 0 radical (unpaired) electrons. The number of nitrogens with one attached hydrogen (secondary N) is 1. The highest BCUT2D eigenvalue weighted by Gasteiger charge is 2.52. The lowest BCUT2D eigenvalue weighted by molar-refractivity contribution is 0.726. The predicted octanol–water partition coefficient (Wildman–Crippen LogP) is 0.614. The molecule has 8 heavy (non-hydrogen) atoms. The fourth-order valence-electron chi connectivity index (χ4n) is 0.647. The Morgan fingerprint density at radius 2 is 2.38 bits per heavy atom. The van der Waals surface area contributed by atoms with Crippen LogP contribution in [0.4, 0.5) is 0 Å². The molecule has 5 heteroatoms. The molecular weight excluding hydrogens is 160 g/mol. The van der Waals surface area contributed by atoms with Gasteiger partial charge in [-0.15, -0.1) is 0 Å². The number of rotatable bonds is 0. The summed E-state index contributed by atoms with van der Waals surface area (Å²) in [6.45, 7) is 1.06. The second kappa shape index (κ2) is 1.73. The Labute approximate surface area is 60.1 Å². The van der Waals surface area contributed by atoms with Gasteiger partial charge in [-0.1, -0.05) is 33.3 Å². The third-order valence-corrected chi connectivity index (χ3v) is 6.26. The molecule has 2 saturated heterocycles. The van der Waals surface area contributed by atoms with Gasteiger partial charge in [0.1, 0.15) is 8.91 Å². The summed E-state index contributed by atoms with van der Waals surface area (Å²) in [7, 11) is 3.84. The van der Waals surface area contributed by atoms with Gasteiger partial charge in [-0.3, -0.25) is 5.32 Å². The molecule has 2 aliphatic heterocycles. The third kappa shape index (κ3) is 0.863. The molecule has 0 bridgehead atoms. The Balaban J connectivity index is 2.03. The van der Waals surface area contributed by atoms with Gasteiger partial charge in [-0.2, -0.15) is 0 Å². The molecule has 0 amide bonds. The van der Waals surface area contributed by atoms with Crippen molar-refractivity contribution in [1.82, 2.24) is 5.32 Å². The lowest BCUT2D eigenvalue weighted by atomic mass is 10.7. The van der Waals surface area contributed by atoms with E-state index in [-0.39, 0.29) is 5.50 Å². The van der Waals surface area contributed by atoms with Gasteiger partial charge in [0.2, 0.25) is 0 Å². The normalized spacial score (nSPS) is 40.9. The lowest BCUT2D eigenvalue weighted by Gasteiger charge is -1.96. The maximum Gasteiger partial charge on any atom is 0.142 e. The lowest BCUT2D eigenvalue weighted by Crippen LogP contribution is -2.28. The molecule has 0 aromatic rings. The van der Waals surface area contributed by atoms with Crippen molar-refractivity contribution in [3.05, 3.63) is 0 Å². The number of hydrogen-bond acceptors (Lipinski definition) is 5. The molecule has 0 aromatic carbocycles.